The van der Waals surface area contributed by atoms with Gasteiger partial charge in [-0.05, 0) is 31.4 Å². The van der Waals surface area contributed by atoms with Crippen LogP contribution in [0.1, 0.15) is 29.3 Å². The third kappa shape index (κ3) is 3.02. The number of aliphatic carboxylic acids is 1. The molecule has 1 aliphatic heterocycles. The quantitative estimate of drug-likeness (QED) is 0.846. The lowest BCUT2D eigenvalue weighted by Gasteiger charge is -2.19. The summed E-state index contributed by atoms with van der Waals surface area (Å²) in [4.78, 5) is 24.8. The number of aryl methyl sites for hydroxylation is 1. The van der Waals surface area contributed by atoms with E-state index in [0.717, 1.165) is 24.0 Å². The largest absolute Gasteiger partial charge is 0.478 e. The maximum absolute atomic E-state index is 12.4. The minimum absolute atomic E-state index is 0.0115. The first-order valence-corrected chi connectivity index (χ1v) is 6.37. The highest BCUT2D eigenvalue weighted by Gasteiger charge is 2.21. The van der Waals surface area contributed by atoms with Gasteiger partial charge in [0.25, 0.3) is 5.91 Å². The Morgan fingerprint density at radius 2 is 2.16 bits per heavy atom. The zero-order valence-corrected chi connectivity index (χ0v) is 10.9. The Hall–Kier alpha value is -2.10. The number of carboxylic acid groups (broad SMARTS) is 1. The fourth-order valence-electron chi connectivity index (χ4n) is 2.19. The topological polar surface area (TPSA) is 57.6 Å². The van der Waals surface area contributed by atoms with Crippen LogP contribution in [-0.2, 0) is 11.2 Å². The number of carbonyl (C=O) groups is 2. The summed E-state index contributed by atoms with van der Waals surface area (Å²) in [6.07, 6.45) is 3.39. The predicted molar refractivity (Wildman–Crippen MR) is 72.1 cm³/mol. The van der Waals surface area contributed by atoms with E-state index in [4.69, 9.17) is 5.11 Å². The van der Waals surface area contributed by atoms with E-state index in [1.54, 1.807) is 17.9 Å². The van der Waals surface area contributed by atoms with Crippen molar-refractivity contribution in [3.63, 3.8) is 0 Å². The average Bonchev–Trinajstić information content (AvgIpc) is 2.56. The van der Waals surface area contributed by atoms with Crippen molar-refractivity contribution in [2.45, 2.75) is 19.8 Å². The minimum Gasteiger partial charge on any atom is -0.478 e. The van der Waals surface area contributed by atoms with Crippen molar-refractivity contribution in [1.29, 1.82) is 0 Å². The molecule has 4 nitrogen and oxygen atoms in total. The Kier molecular flexibility index (Phi) is 4.00. The molecule has 0 radical (unpaired) electrons. The summed E-state index contributed by atoms with van der Waals surface area (Å²) in [5.74, 6) is -0.954. The standard InChI is InChI=1S/C15H17NO3/c1-11(15(18)19)8-10-16-9-4-6-12-5-2-3-7-13(12)14(16)17/h2-3,5,7-8H,4,6,9-10H2,1H3,(H,18,19)/b11-8-. The van der Waals surface area contributed by atoms with Crippen LogP contribution in [0.2, 0.25) is 0 Å². The molecule has 0 saturated carbocycles. The van der Waals surface area contributed by atoms with Gasteiger partial charge in [0, 0.05) is 24.2 Å². The van der Waals surface area contributed by atoms with Gasteiger partial charge in [-0.2, -0.15) is 0 Å². The summed E-state index contributed by atoms with van der Waals surface area (Å²) >= 11 is 0. The van der Waals surface area contributed by atoms with Crippen LogP contribution in [0.15, 0.2) is 35.9 Å². The third-order valence-corrected chi connectivity index (χ3v) is 3.36. The number of carbonyl (C=O) groups excluding carboxylic acids is 1. The lowest BCUT2D eigenvalue weighted by atomic mass is 10.0. The third-order valence-electron chi connectivity index (χ3n) is 3.36. The molecule has 0 fully saturated rings. The molecule has 19 heavy (non-hydrogen) atoms. The molecule has 0 saturated heterocycles. The zero-order chi connectivity index (χ0) is 13.8. The van der Waals surface area contributed by atoms with Crippen molar-refractivity contribution in [2.24, 2.45) is 0 Å². The van der Waals surface area contributed by atoms with Crippen LogP contribution in [0.3, 0.4) is 0 Å². The van der Waals surface area contributed by atoms with Gasteiger partial charge in [0.1, 0.15) is 0 Å². The number of benzene rings is 1. The Bertz CT molecular complexity index is 534. The fourth-order valence-corrected chi connectivity index (χ4v) is 2.19. The molecule has 0 aliphatic carbocycles. The number of hydrogen-bond acceptors (Lipinski definition) is 2. The monoisotopic (exact) mass is 259 g/mol. The van der Waals surface area contributed by atoms with Gasteiger partial charge in [0.2, 0.25) is 0 Å². The molecule has 1 aromatic carbocycles. The molecule has 0 aromatic heterocycles. The average molecular weight is 259 g/mol. The molecule has 1 aromatic rings. The Balaban J connectivity index is 2.18. The van der Waals surface area contributed by atoms with Gasteiger partial charge in [0.15, 0.2) is 0 Å². The Labute approximate surface area is 112 Å². The number of hydrogen-bond donors (Lipinski definition) is 1. The van der Waals surface area contributed by atoms with E-state index in [0.29, 0.717) is 13.1 Å². The molecule has 0 bridgehead atoms. The SMILES string of the molecule is C/C(=C/CN1CCCc2ccccc2C1=O)C(=O)O. The van der Waals surface area contributed by atoms with Crippen molar-refractivity contribution in [2.75, 3.05) is 13.1 Å². The molecule has 1 amide bonds. The van der Waals surface area contributed by atoms with E-state index in [9.17, 15) is 9.59 Å². The molecule has 100 valence electrons. The molecule has 1 heterocycles. The maximum atomic E-state index is 12.4. The number of rotatable bonds is 3. The summed E-state index contributed by atoms with van der Waals surface area (Å²) in [6.45, 7) is 2.56. The first-order valence-electron chi connectivity index (χ1n) is 6.37. The summed E-state index contributed by atoms with van der Waals surface area (Å²) in [7, 11) is 0. The van der Waals surface area contributed by atoms with Crippen LogP contribution in [0.25, 0.3) is 0 Å². The normalized spacial score (nSPS) is 15.9. The van der Waals surface area contributed by atoms with Crippen molar-refractivity contribution < 1.29 is 14.7 Å². The molecular weight excluding hydrogens is 242 g/mol. The molecule has 2 rings (SSSR count). The minimum atomic E-state index is -0.942. The first-order chi connectivity index (χ1) is 9.09. The van der Waals surface area contributed by atoms with Crippen molar-refractivity contribution in [1.82, 2.24) is 4.90 Å². The van der Waals surface area contributed by atoms with Crippen LogP contribution < -0.4 is 0 Å². The highest BCUT2D eigenvalue weighted by atomic mass is 16.4. The molecule has 4 heteroatoms. The summed E-state index contributed by atoms with van der Waals surface area (Å²) in [5.41, 5.74) is 2.08. The fraction of sp³-hybridized carbons (Fsp3) is 0.333. The number of amides is 1. The first kappa shape index (κ1) is 13.3. The summed E-state index contributed by atoms with van der Waals surface area (Å²) in [5, 5.41) is 8.82. The second kappa shape index (κ2) is 5.69. The van der Waals surface area contributed by atoms with E-state index in [1.807, 2.05) is 24.3 Å². The van der Waals surface area contributed by atoms with Gasteiger partial charge < -0.3 is 10.0 Å². The highest BCUT2D eigenvalue weighted by molar-refractivity contribution is 5.96. The second-order valence-corrected chi connectivity index (χ2v) is 4.70. The number of carboxylic acids is 1. The van der Waals surface area contributed by atoms with E-state index in [-0.39, 0.29) is 11.5 Å². The van der Waals surface area contributed by atoms with E-state index >= 15 is 0 Å². The Morgan fingerprint density at radius 3 is 2.89 bits per heavy atom. The van der Waals surface area contributed by atoms with Crippen molar-refractivity contribution in [3.8, 4) is 0 Å². The lowest BCUT2D eigenvalue weighted by Crippen LogP contribution is -2.31. The molecule has 1 aliphatic rings. The predicted octanol–water partition coefficient (Wildman–Crippen LogP) is 2.11. The van der Waals surface area contributed by atoms with Gasteiger partial charge in [-0.1, -0.05) is 24.3 Å². The Morgan fingerprint density at radius 1 is 1.42 bits per heavy atom. The lowest BCUT2D eigenvalue weighted by molar-refractivity contribution is -0.132. The van der Waals surface area contributed by atoms with Crippen molar-refractivity contribution >= 4 is 11.9 Å². The van der Waals surface area contributed by atoms with E-state index in [2.05, 4.69) is 0 Å². The maximum Gasteiger partial charge on any atom is 0.331 e. The van der Waals surface area contributed by atoms with Gasteiger partial charge in [-0.3, -0.25) is 4.79 Å². The number of nitrogens with zero attached hydrogens (tertiary/aromatic N) is 1. The smallest absolute Gasteiger partial charge is 0.331 e. The molecule has 0 atom stereocenters. The highest BCUT2D eigenvalue weighted by Crippen LogP contribution is 2.18. The second-order valence-electron chi connectivity index (χ2n) is 4.70. The summed E-state index contributed by atoms with van der Waals surface area (Å²) in [6, 6.07) is 7.62. The van der Waals surface area contributed by atoms with Gasteiger partial charge in [-0.15, -0.1) is 0 Å². The van der Waals surface area contributed by atoms with Crippen molar-refractivity contribution in [3.05, 3.63) is 47.0 Å². The zero-order valence-electron chi connectivity index (χ0n) is 10.9. The van der Waals surface area contributed by atoms with Gasteiger partial charge in [-0.25, -0.2) is 4.79 Å². The molecule has 0 unspecified atom stereocenters. The van der Waals surface area contributed by atoms with Crippen LogP contribution in [0.5, 0.6) is 0 Å². The molecule has 0 spiro atoms. The van der Waals surface area contributed by atoms with Gasteiger partial charge in [0.05, 0.1) is 0 Å². The molecular formula is C15H17NO3. The number of fused-ring (bicyclic) bond motifs is 1. The van der Waals surface area contributed by atoms with Gasteiger partial charge >= 0.3 is 5.97 Å². The van der Waals surface area contributed by atoms with Crippen LogP contribution in [0.4, 0.5) is 0 Å². The summed E-state index contributed by atoms with van der Waals surface area (Å²) < 4.78 is 0. The van der Waals surface area contributed by atoms with Crippen LogP contribution in [0, 0.1) is 0 Å². The van der Waals surface area contributed by atoms with E-state index < -0.39 is 5.97 Å². The van der Waals surface area contributed by atoms with Crippen LogP contribution in [-0.4, -0.2) is 35.0 Å². The van der Waals surface area contributed by atoms with Crippen LogP contribution >= 0.6 is 0 Å². The van der Waals surface area contributed by atoms with E-state index in [1.165, 1.54) is 0 Å². The molecule has 1 N–H and O–H groups in total.